The van der Waals surface area contributed by atoms with Gasteiger partial charge in [-0.3, -0.25) is 0 Å². The Morgan fingerprint density at radius 1 is 0.680 bits per heavy atom. The molecule has 1 rings (SSSR count). The first-order valence-corrected chi connectivity index (χ1v) is 10.8. The highest BCUT2D eigenvalue weighted by Gasteiger charge is 1.98. The second-order valence-electron chi connectivity index (χ2n) is 7.40. The van der Waals surface area contributed by atoms with Crippen molar-refractivity contribution in [2.24, 2.45) is 0 Å². The summed E-state index contributed by atoms with van der Waals surface area (Å²) in [7, 11) is 0. The molecule has 0 unspecified atom stereocenters. The number of nitrogens with one attached hydrogen (secondary N) is 1. The first-order chi connectivity index (χ1) is 12.3. The summed E-state index contributed by atoms with van der Waals surface area (Å²) in [4.78, 5) is 0. The Hall–Kier alpha value is -1.02. The van der Waals surface area contributed by atoms with Gasteiger partial charge in [0.1, 0.15) is 5.75 Å². The van der Waals surface area contributed by atoms with Crippen LogP contribution in [0, 0.1) is 0 Å². The van der Waals surface area contributed by atoms with Gasteiger partial charge >= 0.3 is 0 Å². The van der Waals surface area contributed by atoms with Gasteiger partial charge in [0, 0.05) is 12.1 Å². The van der Waals surface area contributed by atoms with E-state index in [1.807, 2.05) is 18.2 Å². The molecule has 0 atom stereocenters. The van der Waals surface area contributed by atoms with E-state index in [0.29, 0.717) is 5.75 Å². The summed E-state index contributed by atoms with van der Waals surface area (Å²) in [6.07, 6.45) is 19.6. The largest absolute Gasteiger partial charge is 0.508 e. The SMILES string of the molecule is CCCCCCCCCCCCCCCCNCc1ccccc1O. The number of hydrogen-bond acceptors (Lipinski definition) is 2. The highest BCUT2D eigenvalue weighted by Crippen LogP contribution is 2.15. The third-order valence-corrected chi connectivity index (χ3v) is 5.01. The lowest BCUT2D eigenvalue weighted by Gasteiger charge is -2.07. The van der Waals surface area contributed by atoms with E-state index in [9.17, 15) is 5.11 Å². The fourth-order valence-electron chi connectivity index (χ4n) is 3.33. The summed E-state index contributed by atoms with van der Waals surface area (Å²) in [5.74, 6) is 0.399. The van der Waals surface area contributed by atoms with Crippen molar-refractivity contribution in [3.05, 3.63) is 29.8 Å². The maximum absolute atomic E-state index is 9.70. The van der Waals surface area contributed by atoms with Gasteiger partial charge in [0.05, 0.1) is 0 Å². The molecule has 0 aliphatic rings. The van der Waals surface area contributed by atoms with E-state index >= 15 is 0 Å². The van der Waals surface area contributed by atoms with Gasteiger partial charge in [-0.15, -0.1) is 0 Å². The third-order valence-electron chi connectivity index (χ3n) is 5.01. The summed E-state index contributed by atoms with van der Waals surface area (Å²) in [6.45, 7) is 4.10. The molecule has 0 aromatic heterocycles. The van der Waals surface area contributed by atoms with Gasteiger partial charge in [0.2, 0.25) is 0 Å². The molecule has 25 heavy (non-hydrogen) atoms. The molecule has 2 nitrogen and oxygen atoms in total. The van der Waals surface area contributed by atoms with Crippen LogP contribution in [0.4, 0.5) is 0 Å². The van der Waals surface area contributed by atoms with Crippen LogP contribution in [-0.4, -0.2) is 11.7 Å². The van der Waals surface area contributed by atoms with Crippen LogP contribution in [0.25, 0.3) is 0 Å². The number of phenols is 1. The molecule has 0 spiro atoms. The lowest BCUT2D eigenvalue weighted by molar-refractivity contribution is 0.463. The van der Waals surface area contributed by atoms with E-state index < -0.39 is 0 Å². The first kappa shape index (κ1) is 22.0. The fourth-order valence-corrected chi connectivity index (χ4v) is 3.33. The van der Waals surface area contributed by atoms with Gasteiger partial charge in [-0.1, -0.05) is 109 Å². The number of unbranched alkanes of at least 4 members (excludes halogenated alkanes) is 13. The van der Waals surface area contributed by atoms with E-state index in [4.69, 9.17) is 0 Å². The topological polar surface area (TPSA) is 32.3 Å². The van der Waals surface area contributed by atoms with Gasteiger partial charge in [-0.2, -0.15) is 0 Å². The van der Waals surface area contributed by atoms with Crippen LogP contribution >= 0.6 is 0 Å². The molecule has 2 N–H and O–H groups in total. The van der Waals surface area contributed by atoms with Crippen LogP contribution in [0.2, 0.25) is 0 Å². The lowest BCUT2D eigenvalue weighted by atomic mass is 10.0. The van der Waals surface area contributed by atoms with E-state index in [1.54, 1.807) is 6.07 Å². The van der Waals surface area contributed by atoms with Crippen LogP contribution < -0.4 is 5.32 Å². The molecular formula is C23H41NO. The molecule has 0 heterocycles. The van der Waals surface area contributed by atoms with Gasteiger partial charge in [0.15, 0.2) is 0 Å². The Kier molecular flexibility index (Phi) is 14.5. The maximum atomic E-state index is 9.70. The Balaban J connectivity index is 1.75. The quantitative estimate of drug-likeness (QED) is 0.298. The van der Waals surface area contributed by atoms with Crippen molar-refractivity contribution in [2.75, 3.05) is 6.54 Å². The van der Waals surface area contributed by atoms with E-state index in [-0.39, 0.29) is 0 Å². The number of hydrogen-bond donors (Lipinski definition) is 2. The molecule has 2 heteroatoms. The minimum Gasteiger partial charge on any atom is -0.508 e. The first-order valence-electron chi connectivity index (χ1n) is 10.8. The number of benzene rings is 1. The zero-order chi connectivity index (χ0) is 18.0. The molecule has 0 bridgehead atoms. The van der Waals surface area contributed by atoms with Crippen LogP contribution in [0.1, 0.15) is 102 Å². The second-order valence-corrected chi connectivity index (χ2v) is 7.40. The van der Waals surface area contributed by atoms with Crippen molar-refractivity contribution in [1.29, 1.82) is 0 Å². The summed E-state index contributed by atoms with van der Waals surface area (Å²) < 4.78 is 0. The summed E-state index contributed by atoms with van der Waals surface area (Å²) in [5.41, 5.74) is 0.993. The predicted molar refractivity (Wildman–Crippen MR) is 110 cm³/mol. The fraction of sp³-hybridized carbons (Fsp3) is 0.739. The molecule has 0 radical (unpaired) electrons. The molecule has 0 saturated heterocycles. The summed E-state index contributed by atoms with van der Waals surface area (Å²) >= 11 is 0. The van der Waals surface area contributed by atoms with Crippen molar-refractivity contribution in [1.82, 2.24) is 5.32 Å². The summed E-state index contributed by atoms with van der Waals surface area (Å²) in [5, 5.41) is 13.1. The van der Waals surface area contributed by atoms with Crippen LogP contribution in [0.15, 0.2) is 24.3 Å². The molecule has 1 aromatic carbocycles. The summed E-state index contributed by atoms with van der Waals surface area (Å²) in [6, 6.07) is 7.58. The highest BCUT2D eigenvalue weighted by atomic mass is 16.3. The number of para-hydroxylation sites is 1. The molecule has 0 saturated carbocycles. The Morgan fingerprint density at radius 2 is 1.16 bits per heavy atom. The minimum absolute atomic E-state index is 0.399. The standard InChI is InChI=1S/C23H41NO/c1-2-3-4-5-6-7-8-9-10-11-12-13-14-17-20-24-21-22-18-15-16-19-23(22)25/h15-16,18-19,24-25H,2-14,17,20-21H2,1H3. The average molecular weight is 348 g/mol. The predicted octanol–water partition coefficient (Wildman–Crippen LogP) is 6.96. The average Bonchev–Trinajstić information content (AvgIpc) is 2.63. The van der Waals surface area contributed by atoms with Crippen LogP contribution in [-0.2, 0) is 6.54 Å². The molecule has 0 fully saturated rings. The van der Waals surface area contributed by atoms with Crippen molar-refractivity contribution < 1.29 is 5.11 Å². The number of phenolic OH excluding ortho intramolecular Hbond substituents is 1. The van der Waals surface area contributed by atoms with E-state index in [2.05, 4.69) is 12.2 Å². The van der Waals surface area contributed by atoms with Gasteiger partial charge in [0.25, 0.3) is 0 Å². The van der Waals surface area contributed by atoms with Crippen molar-refractivity contribution >= 4 is 0 Å². The molecule has 0 aliphatic heterocycles. The minimum atomic E-state index is 0.399. The van der Waals surface area contributed by atoms with E-state index in [0.717, 1.165) is 18.7 Å². The second kappa shape index (κ2) is 16.4. The monoisotopic (exact) mass is 347 g/mol. The van der Waals surface area contributed by atoms with Crippen molar-refractivity contribution in [2.45, 2.75) is 103 Å². The Morgan fingerprint density at radius 3 is 1.68 bits per heavy atom. The van der Waals surface area contributed by atoms with Crippen LogP contribution in [0.5, 0.6) is 5.75 Å². The lowest BCUT2D eigenvalue weighted by Crippen LogP contribution is -2.14. The van der Waals surface area contributed by atoms with Crippen molar-refractivity contribution in [3.63, 3.8) is 0 Å². The Labute approximate surface area is 156 Å². The van der Waals surface area contributed by atoms with Crippen molar-refractivity contribution in [3.8, 4) is 5.75 Å². The third kappa shape index (κ3) is 12.9. The molecular weight excluding hydrogens is 306 g/mol. The Bertz CT molecular complexity index is 405. The van der Waals surface area contributed by atoms with Gasteiger partial charge in [-0.05, 0) is 19.0 Å². The molecule has 1 aromatic rings. The van der Waals surface area contributed by atoms with E-state index in [1.165, 1.54) is 89.9 Å². The zero-order valence-electron chi connectivity index (χ0n) is 16.6. The smallest absolute Gasteiger partial charge is 0.120 e. The molecule has 144 valence electrons. The number of aromatic hydroxyl groups is 1. The van der Waals surface area contributed by atoms with Gasteiger partial charge in [-0.25, -0.2) is 0 Å². The number of rotatable bonds is 17. The molecule has 0 amide bonds. The highest BCUT2D eigenvalue weighted by molar-refractivity contribution is 5.31. The zero-order valence-corrected chi connectivity index (χ0v) is 16.6. The van der Waals surface area contributed by atoms with Crippen LogP contribution in [0.3, 0.4) is 0 Å². The van der Waals surface area contributed by atoms with Gasteiger partial charge < -0.3 is 10.4 Å². The maximum Gasteiger partial charge on any atom is 0.120 e. The molecule has 0 aliphatic carbocycles. The normalized spacial score (nSPS) is 11.1.